The van der Waals surface area contributed by atoms with E-state index in [-0.39, 0.29) is 18.9 Å². The number of hydrogen-bond acceptors (Lipinski definition) is 5. The SMILES string of the molecule is CCC(=O)O.CCC(=O)O.CCCCCCCC/C=C\CCCCCCCCNCC(C)NCC(C)N. The van der Waals surface area contributed by atoms with Crippen molar-refractivity contribution < 1.29 is 19.8 Å². The van der Waals surface area contributed by atoms with Crippen LogP contribution in [-0.2, 0) is 9.59 Å². The smallest absolute Gasteiger partial charge is 0.303 e. The summed E-state index contributed by atoms with van der Waals surface area (Å²) in [6, 6.07) is 0.744. The number of nitrogens with one attached hydrogen (secondary N) is 2. The Hall–Kier alpha value is -1.44. The number of aliphatic carboxylic acids is 2. The number of unbranched alkanes of at least 4 members (excludes halogenated alkanes) is 12. The van der Waals surface area contributed by atoms with E-state index in [0.29, 0.717) is 6.04 Å². The molecule has 0 aliphatic rings. The predicted molar refractivity (Wildman–Crippen MR) is 159 cm³/mol. The second-order valence-electron chi connectivity index (χ2n) is 9.92. The van der Waals surface area contributed by atoms with Crippen LogP contribution in [0.5, 0.6) is 0 Å². The zero-order valence-electron chi connectivity index (χ0n) is 25.0. The van der Waals surface area contributed by atoms with Gasteiger partial charge in [-0.05, 0) is 52.5 Å². The van der Waals surface area contributed by atoms with Gasteiger partial charge < -0.3 is 26.6 Å². The van der Waals surface area contributed by atoms with Crippen LogP contribution in [0, 0.1) is 0 Å². The van der Waals surface area contributed by atoms with Crippen LogP contribution in [0.4, 0.5) is 0 Å². The minimum absolute atomic E-state index is 0.222. The summed E-state index contributed by atoms with van der Waals surface area (Å²) in [5.74, 6) is -1.49. The lowest BCUT2D eigenvalue weighted by Gasteiger charge is -2.16. The van der Waals surface area contributed by atoms with Gasteiger partial charge in [-0.2, -0.15) is 0 Å². The minimum Gasteiger partial charge on any atom is -0.481 e. The van der Waals surface area contributed by atoms with Crippen molar-refractivity contribution in [3.8, 4) is 0 Å². The molecule has 0 fully saturated rings. The number of hydrogen-bond donors (Lipinski definition) is 5. The van der Waals surface area contributed by atoms with Crippen LogP contribution in [0.3, 0.4) is 0 Å². The highest BCUT2D eigenvalue weighted by atomic mass is 16.4. The Balaban J connectivity index is -0.000000969. The van der Waals surface area contributed by atoms with Crippen molar-refractivity contribution in [3.63, 3.8) is 0 Å². The highest BCUT2D eigenvalue weighted by Gasteiger charge is 2.01. The summed E-state index contributed by atoms with van der Waals surface area (Å²) in [5.41, 5.74) is 5.75. The van der Waals surface area contributed by atoms with Crippen molar-refractivity contribution in [2.45, 2.75) is 149 Å². The van der Waals surface area contributed by atoms with Gasteiger partial charge in [0.1, 0.15) is 0 Å². The average Bonchev–Trinajstić information content (AvgIpc) is 2.87. The number of carboxylic acid groups (broad SMARTS) is 2. The van der Waals surface area contributed by atoms with Crippen LogP contribution in [0.1, 0.15) is 137 Å². The Morgan fingerprint density at radius 1 is 0.703 bits per heavy atom. The molecule has 0 aromatic rings. The molecule has 2 atom stereocenters. The molecule has 0 aliphatic carbocycles. The zero-order valence-corrected chi connectivity index (χ0v) is 25.0. The molecule has 7 heteroatoms. The first-order chi connectivity index (χ1) is 17.7. The summed E-state index contributed by atoms with van der Waals surface area (Å²) in [4.78, 5) is 18.7. The van der Waals surface area contributed by atoms with E-state index in [4.69, 9.17) is 15.9 Å². The molecule has 222 valence electrons. The van der Waals surface area contributed by atoms with Crippen molar-refractivity contribution in [2.24, 2.45) is 5.73 Å². The van der Waals surface area contributed by atoms with E-state index in [1.807, 2.05) is 6.92 Å². The van der Waals surface area contributed by atoms with E-state index in [1.54, 1.807) is 13.8 Å². The van der Waals surface area contributed by atoms with Crippen molar-refractivity contribution in [1.82, 2.24) is 10.6 Å². The highest BCUT2D eigenvalue weighted by Crippen LogP contribution is 2.09. The lowest BCUT2D eigenvalue weighted by molar-refractivity contribution is -0.137. The molecule has 0 saturated heterocycles. The summed E-state index contributed by atoms with van der Waals surface area (Å²) in [6.45, 7) is 12.8. The second kappa shape index (κ2) is 34.6. The van der Waals surface area contributed by atoms with Crippen molar-refractivity contribution in [1.29, 1.82) is 0 Å². The monoisotopic (exact) mass is 529 g/mol. The maximum atomic E-state index is 9.37. The van der Waals surface area contributed by atoms with E-state index < -0.39 is 11.9 Å². The predicted octanol–water partition coefficient (Wildman–Crippen LogP) is 6.90. The van der Waals surface area contributed by atoms with Gasteiger partial charge in [0.2, 0.25) is 0 Å². The number of carboxylic acids is 2. The normalized spacial score (nSPS) is 12.3. The Morgan fingerprint density at radius 2 is 1.11 bits per heavy atom. The summed E-state index contributed by atoms with van der Waals surface area (Å²) in [5, 5.41) is 22.4. The number of nitrogens with two attached hydrogens (primary N) is 1. The van der Waals surface area contributed by atoms with Crippen LogP contribution in [0.2, 0.25) is 0 Å². The van der Waals surface area contributed by atoms with Gasteiger partial charge in [0.05, 0.1) is 0 Å². The van der Waals surface area contributed by atoms with Gasteiger partial charge in [0.25, 0.3) is 0 Å². The molecule has 0 rings (SSSR count). The highest BCUT2D eigenvalue weighted by molar-refractivity contribution is 5.66. The van der Waals surface area contributed by atoms with Crippen molar-refractivity contribution >= 4 is 11.9 Å². The fraction of sp³-hybridized carbons (Fsp3) is 0.867. The number of rotatable bonds is 23. The van der Waals surface area contributed by atoms with Crippen LogP contribution < -0.4 is 16.4 Å². The largest absolute Gasteiger partial charge is 0.481 e. The van der Waals surface area contributed by atoms with E-state index in [9.17, 15) is 9.59 Å². The Kier molecular flexibility index (Phi) is 37.4. The maximum Gasteiger partial charge on any atom is 0.303 e. The standard InChI is InChI=1S/C24H51N3.2C3H6O2/c1-4-5-6-7-8-9-10-11-12-13-14-15-16-17-18-19-20-26-22-24(3)27-21-23(2)25;2*1-2-3(4)5/h11-12,23-24,26-27H,4-10,13-22,25H2,1-3H3;2*2H2,1H3,(H,4,5)/b12-11-;;. The molecule has 0 aliphatic heterocycles. The molecule has 0 radical (unpaired) electrons. The van der Waals surface area contributed by atoms with Gasteiger partial charge in [-0.1, -0.05) is 90.7 Å². The molecular formula is C30H63N3O4. The van der Waals surface area contributed by atoms with Crippen molar-refractivity contribution in [2.75, 3.05) is 19.6 Å². The molecular weight excluding hydrogens is 466 g/mol. The lowest BCUT2D eigenvalue weighted by Crippen LogP contribution is -2.41. The molecule has 0 heterocycles. The number of carbonyl (C=O) groups is 2. The van der Waals surface area contributed by atoms with Crippen molar-refractivity contribution in [3.05, 3.63) is 12.2 Å². The average molecular weight is 530 g/mol. The quantitative estimate of drug-likeness (QED) is 0.0720. The third kappa shape index (κ3) is 48.2. The lowest BCUT2D eigenvalue weighted by atomic mass is 10.1. The fourth-order valence-corrected chi connectivity index (χ4v) is 3.28. The van der Waals surface area contributed by atoms with Gasteiger partial charge in [0, 0.05) is 38.0 Å². The molecule has 2 unspecified atom stereocenters. The molecule has 7 nitrogen and oxygen atoms in total. The summed E-state index contributed by atoms with van der Waals surface area (Å²) in [6.07, 6.45) is 24.5. The first kappa shape index (κ1) is 40.1. The van der Waals surface area contributed by atoms with E-state index in [1.165, 1.54) is 89.9 Å². The first-order valence-electron chi connectivity index (χ1n) is 15.0. The second-order valence-corrected chi connectivity index (χ2v) is 9.92. The zero-order chi connectivity index (χ0) is 28.6. The maximum absolute atomic E-state index is 9.37. The fourth-order valence-electron chi connectivity index (χ4n) is 3.28. The van der Waals surface area contributed by atoms with Gasteiger partial charge in [-0.25, -0.2) is 0 Å². The number of allylic oxidation sites excluding steroid dienone is 2. The topological polar surface area (TPSA) is 125 Å². The minimum atomic E-state index is -0.745. The molecule has 6 N–H and O–H groups in total. The molecule has 0 spiro atoms. The Labute approximate surface area is 229 Å². The molecule has 0 saturated carbocycles. The van der Waals surface area contributed by atoms with Crippen LogP contribution in [-0.4, -0.2) is 53.9 Å². The summed E-state index contributed by atoms with van der Waals surface area (Å²) in [7, 11) is 0. The van der Waals surface area contributed by atoms with Crippen LogP contribution >= 0.6 is 0 Å². The molecule has 37 heavy (non-hydrogen) atoms. The van der Waals surface area contributed by atoms with Gasteiger partial charge >= 0.3 is 11.9 Å². The van der Waals surface area contributed by atoms with E-state index in [0.717, 1.165) is 19.6 Å². The molecule has 0 amide bonds. The summed E-state index contributed by atoms with van der Waals surface area (Å²) < 4.78 is 0. The Bertz CT molecular complexity index is 485. The van der Waals surface area contributed by atoms with Gasteiger partial charge in [-0.3, -0.25) is 9.59 Å². The molecule has 0 aromatic heterocycles. The first-order valence-corrected chi connectivity index (χ1v) is 15.0. The molecule has 0 bridgehead atoms. The van der Waals surface area contributed by atoms with E-state index in [2.05, 4.69) is 36.6 Å². The van der Waals surface area contributed by atoms with Gasteiger partial charge in [0.15, 0.2) is 0 Å². The Morgan fingerprint density at radius 3 is 1.51 bits per heavy atom. The van der Waals surface area contributed by atoms with Crippen LogP contribution in [0.25, 0.3) is 0 Å². The third-order valence-corrected chi connectivity index (χ3v) is 5.71. The van der Waals surface area contributed by atoms with E-state index >= 15 is 0 Å². The third-order valence-electron chi connectivity index (χ3n) is 5.71. The summed E-state index contributed by atoms with van der Waals surface area (Å²) >= 11 is 0. The molecule has 0 aromatic carbocycles. The van der Waals surface area contributed by atoms with Gasteiger partial charge in [-0.15, -0.1) is 0 Å². The van der Waals surface area contributed by atoms with Crippen LogP contribution in [0.15, 0.2) is 12.2 Å².